The van der Waals surface area contributed by atoms with Crippen LogP contribution < -0.4 is 0 Å². The fourth-order valence-corrected chi connectivity index (χ4v) is 3.16. The van der Waals surface area contributed by atoms with Gasteiger partial charge >= 0.3 is 22.4 Å². The average molecular weight is 381 g/mol. The van der Waals surface area contributed by atoms with Crippen LogP contribution in [0.4, 0.5) is 0 Å². The van der Waals surface area contributed by atoms with E-state index in [1.165, 1.54) is 45.2 Å². The predicted molar refractivity (Wildman–Crippen MR) is 54.2 cm³/mol. The molecule has 0 aromatic rings. The van der Waals surface area contributed by atoms with Gasteiger partial charge in [-0.2, -0.15) is 5.75 Å². The van der Waals surface area contributed by atoms with Gasteiger partial charge < -0.3 is 17.5 Å². The molecule has 2 rings (SSSR count). The van der Waals surface area contributed by atoms with E-state index in [0.717, 1.165) is 17.7 Å². The first-order chi connectivity index (χ1) is 5.92. The molecule has 0 radical (unpaired) electrons. The van der Waals surface area contributed by atoms with E-state index in [2.05, 4.69) is 4.90 Å². The first-order valence-electron chi connectivity index (χ1n) is 5.24. The third-order valence-corrected chi connectivity index (χ3v) is 3.87. The molecule has 0 aliphatic carbocycles. The van der Waals surface area contributed by atoms with E-state index in [1.807, 2.05) is 0 Å². The third kappa shape index (κ3) is 2.76. The molecule has 13 heavy (non-hydrogen) atoms. The molecule has 2 aliphatic heterocycles. The smallest absolute Gasteiger partial charge is 0.792 e. The Hall–Kier alpha value is 1.05. The number of nitrogens with zero attached hydrogens (tertiary/aromatic N) is 1. The Morgan fingerprint density at radius 3 is 2.62 bits per heavy atom. The molecule has 1 nitrogen and oxygen atoms in total. The van der Waals surface area contributed by atoms with Crippen molar-refractivity contribution in [2.24, 2.45) is 5.92 Å². The molecule has 0 aromatic carbocycles. The minimum atomic E-state index is 0. The number of piperidine rings is 2. The van der Waals surface area contributed by atoms with Crippen molar-refractivity contribution in [2.75, 3.05) is 18.8 Å². The molecular formula is C10H18AuNS. The predicted octanol–water partition coefficient (Wildman–Crippen LogP) is 1.80. The summed E-state index contributed by atoms with van der Waals surface area (Å²) in [6.07, 6.45) is 7.05. The van der Waals surface area contributed by atoms with E-state index in [1.54, 1.807) is 0 Å². The largest absolute Gasteiger partial charge is 1.00 e. The molecular weight excluding hydrogens is 363 g/mol. The van der Waals surface area contributed by atoms with E-state index in [-0.39, 0.29) is 22.4 Å². The summed E-state index contributed by atoms with van der Waals surface area (Å²) in [7, 11) is 0. The first-order valence-corrected chi connectivity index (χ1v) is 5.81. The van der Waals surface area contributed by atoms with Crippen LogP contribution in [0, 0.1) is 5.92 Å². The zero-order chi connectivity index (χ0) is 8.39. The molecule has 0 spiro atoms. The van der Waals surface area contributed by atoms with Gasteiger partial charge in [-0.05, 0) is 44.7 Å². The van der Waals surface area contributed by atoms with Crippen LogP contribution in [0.3, 0.4) is 0 Å². The van der Waals surface area contributed by atoms with Crippen LogP contribution in [0.5, 0.6) is 0 Å². The second-order valence-corrected chi connectivity index (χ2v) is 4.50. The van der Waals surface area contributed by atoms with E-state index in [4.69, 9.17) is 12.6 Å². The summed E-state index contributed by atoms with van der Waals surface area (Å²) in [5.74, 6) is 1.83. The van der Waals surface area contributed by atoms with Crippen LogP contribution in [0.2, 0.25) is 0 Å². The fraction of sp³-hybridized carbons (Fsp3) is 1.00. The number of hydrogen-bond donors (Lipinski definition) is 0. The summed E-state index contributed by atoms with van der Waals surface area (Å²) >= 11 is 5.21. The van der Waals surface area contributed by atoms with Crippen molar-refractivity contribution in [3.63, 3.8) is 0 Å². The number of hydrogen-bond acceptors (Lipinski definition) is 2. The molecule has 2 atom stereocenters. The van der Waals surface area contributed by atoms with Crippen molar-refractivity contribution in [3.05, 3.63) is 0 Å². The summed E-state index contributed by atoms with van der Waals surface area (Å²) < 4.78 is 0. The molecule has 0 bridgehead atoms. The molecule has 0 unspecified atom stereocenters. The molecule has 0 saturated carbocycles. The summed E-state index contributed by atoms with van der Waals surface area (Å²) in [6, 6.07) is 0.866. The average Bonchev–Trinajstić information content (AvgIpc) is 2.17. The van der Waals surface area contributed by atoms with Crippen molar-refractivity contribution in [2.45, 2.75) is 38.1 Å². The van der Waals surface area contributed by atoms with Crippen molar-refractivity contribution < 1.29 is 22.4 Å². The van der Waals surface area contributed by atoms with Gasteiger partial charge in [-0.15, -0.1) is 0 Å². The van der Waals surface area contributed by atoms with Gasteiger partial charge in [-0.3, -0.25) is 0 Å². The monoisotopic (exact) mass is 381 g/mol. The summed E-state index contributed by atoms with van der Waals surface area (Å²) in [5, 5.41) is 0. The molecule has 2 saturated heterocycles. The van der Waals surface area contributed by atoms with Gasteiger partial charge in [-0.1, -0.05) is 6.42 Å². The van der Waals surface area contributed by atoms with Gasteiger partial charge in [0.05, 0.1) is 0 Å². The minimum Gasteiger partial charge on any atom is -0.792 e. The van der Waals surface area contributed by atoms with Crippen LogP contribution >= 0.6 is 0 Å². The fourth-order valence-electron chi connectivity index (χ4n) is 2.77. The Kier molecular flexibility index (Phi) is 5.42. The van der Waals surface area contributed by atoms with E-state index in [0.29, 0.717) is 0 Å². The Bertz CT molecular complexity index is 145. The Morgan fingerprint density at radius 1 is 1.08 bits per heavy atom. The maximum Gasteiger partial charge on any atom is 1.00 e. The SMILES string of the molecule is [Au+].[S-]C[C@@H]1CCCN2CCCC[C@H]12. The zero-order valence-corrected chi connectivity index (χ0v) is 11.0. The molecule has 0 amide bonds. The Labute approximate surface area is 103 Å². The van der Waals surface area contributed by atoms with Gasteiger partial charge in [0.25, 0.3) is 0 Å². The second kappa shape index (κ2) is 5.82. The van der Waals surface area contributed by atoms with Gasteiger partial charge in [0.15, 0.2) is 0 Å². The maximum atomic E-state index is 5.21. The van der Waals surface area contributed by atoms with Crippen molar-refractivity contribution in [3.8, 4) is 0 Å². The third-order valence-electron chi connectivity index (χ3n) is 3.44. The number of rotatable bonds is 1. The van der Waals surface area contributed by atoms with E-state index < -0.39 is 0 Å². The molecule has 0 N–H and O–H groups in total. The standard InChI is InChI=1S/C10H19NS.Au/c12-8-9-4-3-7-11-6-2-1-5-10(9)11;/h9-10,12H,1-8H2;/q;+1/p-1/t9-,10+;/m0./s1. The molecule has 80 valence electrons. The van der Waals surface area contributed by atoms with E-state index in [9.17, 15) is 0 Å². The molecule has 0 aromatic heterocycles. The van der Waals surface area contributed by atoms with Crippen LogP contribution in [-0.4, -0.2) is 29.8 Å². The van der Waals surface area contributed by atoms with Crippen LogP contribution in [-0.2, 0) is 35.0 Å². The maximum absolute atomic E-state index is 5.21. The van der Waals surface area contributed by atoms with Crippen LogP contribution in [0.25, 0.3) is 0 Å². The summed E-state index contributed by atoms with van der Waals surface area (Å²) in [5.41, 5.74) is 0. The topological polar surface area (TPSA) is 3.24 Å². The molecule has 3 heteroatoms. The Morgan fingerprint density at radius 2 is 1.85 bits per heavy atom. The number of fused-ring (bicyclic) bond motifs is 1. The summed E-state index contributed by atoms with van der Waals surface area (Å²) in [4.78, 5) is 2.68. The second-order valence-electron chi connectivity index (χ2n) is 4.17. The first kappa shape index (κ1) is 12.1. The van der Waals surface area contributed by atoms with Gasteiger partial charge in [0.2, 0.25) is 0 Å². The van der Waals surface area contributed by atoms with Crippen molar-refractivity contribution >= 4 is 12.6 Å². The van der Waals surface area contributed by atoms with Gasteiger partial charge in [0, 0.05) is 6.04 Å². The molecule has 2 heterocycles. The molecule has 2 aliphatic rings. The quantitative estimate of drug-likeness (QED) is 0.504. The van der Waals surface area contributed by atoms with E-state index >= 15 is 0 Å². The van der Waals surface area contributed by atoms with Crippen molar-refractivity contribution in [1.82, 2.24) is 4.90 Å². The minimum absolute atomic E-state index is 0. The van der Waals surface area contributed by atoms with Crippen LogP contribution in [0.1, 0.15) is 32.1 Å². The van der Waals surface area contributed by atoms with Gasteiger partial charge in [-0.25, -0.2) is 0 Å². The van der Waals surface area contributed by atoms with Crippen LogP contribution in [0.15, 0.2) is 0 Å². The van der Waals surface area contributed by atoms with Gasteiger partial charge in [0.1, 0.15) is 0 Å². The zero-order valence-electron chi connectivity index (χ0n) is 7.97. The summed E-state index contributed by atoms with van der Waals surface area (Å²) in [6.45, 7) is 2.69. The Balaban J connectivity index is 0.000000845. The van der Waals surface area contributed by atoms with Crippen molar-refractivity contribution in [1.29, 1.82) is 0 Å². The molecule has 2 fully saturated rings. The normalized spacial score (nSPS) is 34.8.